The van der Waals surface area contributed by atoms with E-state index in [2.05, 4.69) is 20.0 Å². The number of hydrogen-bond acceptors (Lipinski definition) is 5. The van der Waals surface area contributed by atoms with Crippen LogP contribution in [0.1, 0.15) is 11.3 Å². The highest BCUT2D eigenvalue weighted by molar-refractivity contribution is 7.13. The molecule has 0 unspecified atom stereocenters. The third-order valence-corrected chi connectivity index (χ3v) is 4.24. The van der Waals surface area contributed by atoms with E-state index in [0.717, 1.165) is 5.52 Å². The van der Waals surface area contributed by atoms with Gasteiger partial charge in [-0.2, -0.15) is 0 Å². The number of rotatable bonds is 5. The molecule has 0 fully saturated rings. The second-order valence-corrected chi connectivity index (χ2v) is 5.98. The first-order valence-corrected chi connectivity index (χ1v) is 7.99. The van der Waals surface area contributed by atoms with Gasteiger partial charge in [-0.15, -0.1) is 11.3 Å². The number of amides is 1. The van der Waals surface area contributed by atoms with Crippen molar-refractivity contribution < 1.29 is 18.7 Å². The SMILES string of the molecule is COC(=O)Cc1csc(NC(=O)Cc2c[nH]c3ccc(F)cc23)n1. The van der Waals surface area contributed by atoms with Crippen molar-refractivity contribution in [3.8, 4) is 0 Å². The van der Waals surface area contributed by atoms with Crippen molar-refractivity contribution in [3.63, 3.8) is 0 Å². The molecule has 0 radical (unpaired) electrons. The van der Waals surface area contributed by atoms with E-state index in [9.17, 15) is 14.0 Å². The van der Waals surface area contributed by atoms with E-state index in [0.29, 0.717) is 21.8 Å². The van der Waals surface area contributed by atoms with Gasteiger partial charge in [-0.3, -0.25) is 9.59 Å². The van der Waals surface area contributed by atoms with Crippen LogP contribution in [-0.4, -0.2) is 29.0 Å². The van der Waals surface area contributed by atoms with Crippen LogP contribution in [0.3, 0.4) is 0 Å². The number of aromatic nitrogens is 2. The molecule has 0 aliphatic carbocycles. The number of carbonyl (C=O) groups is 2. The normalized spacial score (nSPS) is 10.8. The smallest absolute Gasteiger partial charge is 0.311 e. The predicted octanol–water partition coefficient (Wildman–Crippen LogP) is 2.66. The first-order valence-electron chi connectivity index (χ1n) is 7.11. The van der Waals surface area contributed by atoms with Crippen molar-refractivity contribution in [1.29, 1.82) is 0 Å². The highest BCUT2D eigenvalue weighted by atomic mass is 32.1. The van der Waals surface area contributed by atoms with Gasteiger partial charge in [0.25, 0.3) is 0 Å². The largest absolute Gasteiger partial charge is 0.469 e. The van der Waals surface area contributed by atoms with Gasteiger partial charge in [-0.05, 0) is 23.8 Å². The number of ether oxygens (including phenoxy) is 1. The Morgan fingerprint density at radius 1 is 1.38 bits per heavy atom. The molecule has 2 aromatic heterocycles. The Morgan fingerprint density at radius 3 is 3.00 bits per heavy atom. The summed E-state index contributed by atoms with van der Waals surface area (Å²) in [5.41, 5.74) is 2.01. The predicted molar refractivity (Wildman–Crippen MR) is 88.4 cm³/mol. The number of H-pyrrole nitrogens is 1. The lowest BCUT2D eigenvalue weighted by molar-refractivity contribution is -0.139. The topological polar surface area (TPSA) is 84.1 Å². The Labute approximate surface area is 140 Å². The molecule has 2 N–H and O–H groups in total. The summed E-state index contributed by atoms with van der Waals surface area (Å²) >= 11 is 1.23. The van der Waals surface area contributed by atoms with Crippen LogP contribution < -0.4 is 5.32 Å². The van der Waals surface area contributed by atoms with E-state index in [-0.39, 0.29) is 30.5 Å². The third kappa shape index (κ3) is 3.60. The maximum atomic E-state index is 13.4. The van der Waals surface area contributed by atoms with E-state index in [1.807, 2.05) is 0 Å². The van der Waals surface area contributed by atoms with Crippen molar-refractivity contribution in [2.75, 3.05) is 12.4 Å². The van der Waals surface area contributed by atoms with Crippen LogP contribution in [0.5, 0.6) is 0 Å². The maximum absolute atomic E-state index is 13.4. The number of methoxy groups -OCH3 is 1. The Hall–Kier alpha value is -2.74. The zero-order chi connectivity index (χ0) is 17.1. The molecule has 1 aromatic carbocycles. The monoisotopic (exact) mass is 347 g/mol. The number of anilines is 1. The van der Waals surface area contributed by atoms with E-state index in [1.165, 1.54) is 30.6 Å². The molecular formula is C16H14FN3O3S. The van der Waals surface area contributed by atoms with Crippen LogP contribution in [0.4, 0.5) is 9.52 Å². The maximum Gasteiger partial charge on any atom is 0.311 e. The molecule has 2 heterocycles. The first kappa shape index (κ1) is 16.1. The minimum Gasteiger partial charge on any atom is -0.469 e. The number of aromatic amines is 1. The summed E-state index contributed by atoms with van der Waals surface area (Å²) in [4.78, 5) is 30.5. The molecule has 3 aromatic rings. The second kappa shape index (κ2) is 6.79. The van der Waals surface area contributed by atoms with E-state index < -0.39 is 0 Å². The number of halogens is 1. The molecule has 1 amide bonds. The molecule has 0 saturated carbocycles. The van der Waals surface area contributed by atoms with Gasteiger partial charge in [0.2, 0.25) is 5.91 Å². The van der Waals surface area contributed by atoms with Crippen LogP contribution >= 0.6 is 11.3 Å². The molecule has 0 saturated heterocycles. The van der Waals surface area contributed by atoms with Gasteiger partial charge in [0.15, 0.2) is 5.13 Å². The second-order valence-electron chi connectivity index (χ2n) is 5.13. The molecule has 0 aliphatic heterocycles. The van der Waals surface area contributed by atoms with Crippen molar-refractivity contribution in [3.05, 3.63) is 46.9 Å². The number of carbonyl (C=O) groups excluding carboxylic acids is 2. The Morgan fingerprint density at radius 2 is 2.21 bits per heavy atom. The lowest BCUT2D eigenvalue weighted by Crippen LogP contribution is -2.14. The first-order chi connectivity index (χ1) is 11.5. The van der Waals surface area contributed by atoms with Crippen LogP contribution in [0.15, 0.2) is 29.8 Å². The molecule has 0 atom stereocenters. The summed E-state index contributed by atoms with van der Waals surface area (Å²) < 4.78 is 17.9. The zero-order valence-electron chi connectivity index (χ0n) is 12.8. The van der Waals surface area contributed by atoms with Crippen molar-refractivity contribution in [1.82, 2.24) is 9.97 Å². The van der Waals surface area contributed by atoms with Crippen LogP contribution in [0.25, 0.3) is 10.9 Å². The Bertz CT molecular complexity index is 903. The number of esters is 1. The molecule has 8 heteroatoms. The quantitative estimate of drug-likeness (QED) is 0.695. The Kier molecular flexibility index (Phi) is 4.57. The lowest BCUT2D eigenvalue weighted by atomic mass is 10.1. The van der Waals surface area contributed by atoms with E-state index in [4.69, 9.17) is 0 Å². The third-order valence-electron chi connectivity index (χ3n) is 3.43. The summed E-state index contributed by atoms with van der Waals surface area (Å²) in [5, 5.41) is 5.45. The molecule has 0 spiro atoms. The number of nitrogens with one attached hydrogen (secondary N) is 2. The lowest BCUT2D eigenvalue weighted by Gasteiger charge is -2.01. The molecule has 124 valence electrons. The van der Waals surface area contributed by atoms with Gasteiger partial charge in [0.05, 0.1) is 25.6 Å². The zero-order valence-corrected chi connectivity index (χ0v) is 13.6. The van der Waals surface area contributed by atoms with Gasteiger partial charge in [0, 0.05) is 22.5 Å². The average molecular weight is 347 g/mol. The summed E-state index contributed by atoms with van der Waals surface area (Å²) in [6, 6.07) is 4.39. The summed E-state index contributed by atoms with van der Waals surface area (Å²) in [5.74, 6) is -1.01. The fraction of sp³-hybridized carbons (Fsp3) is 0.188. The standard InChI is InChI=1S/C16H14FN3O3S/c1-23-15(22)6-11-8-24-16(19-11)20-14(21)4-9-7-18-13-3-2-10(17)5-12(9)13/h2-3,5,7-8,18H,4,6H2,1H3,(H,19,20,21). The summed E-state index contributed by atoms with van der Waals surface area (Å²) in [6.45, 7) is 0. The number of thiazole rings is 1. The summed E-state index contributed by atoms with van der Waals surface area (Å²) in [6.07, 6.45) is 1.84. The van der Waals surface area contributed by atoms with Gasteiger partial charge in [0.1, 0.15) is 5.82 Å². The molecule has 0 bridgehead atoms. The molecule has 24 heavy (non-hydrogen) atoms. The summed E-state index contributed by atoms with van der Waals surface area (Å²) in [7, 11) is 1.31. The molecular weight excluding hydrogens is 333 g/mol. The minimum atomic E-state index is -0.390. The molecule has 3 rings (SSSR count). The molecule has 6 nitrogen and oxygen atoms in total. The van der Waals surface area contributed by atoms with Gasteiger partial charge in [-0.1, -0.05) is 0 Å². The van der Waals surface area contributed by atoms with Gasteiger partial charge in [-0.25, -0.2) is 9.37 Å². The number of benzene rings is 1. The van der Waals surface area contributed by atoms with Crippen LogP contribution in [0.2, 0.25) is 0 Å². The molecule has 0 aliphatic rings. The van der Waals surface area contributed by atoms with Crippen LogP contribution in [-0.2, 0) is 27.2 Å². The fourth-order valence-corrected chi connectivity index (χ4v) is 3.03. The minimum absolute atomic E-state index is 0.0601. The van der Waals surface area contributed by atoms with Crippen molar-refractivity contribution in [2.45, 2.75) is 12.8 Å². The average Bonchev–Trinajstić information content (AvgIpc) is 3.14. The van der Waals surface area contributed by atoms with Crippen molar-refractivity contribution in [2.24, 2.45) is 0 Å². The highest BCUT2D eigenvalue weighted by Gasteiger charge is 2.13. The van der Waals surface area contributed by atoms with Crippen molar-refractivity contribution >= 4 is 39.2 Å². The highest BCUT2D eigenvalue weighted by Crippen LogP contribution is 2.21. The fourth-order valence-electron chi connectivity index (χ4n) is 2.30. The van der Waals surface area contributed by atoms with Gasteiger partial charge >= 0.3 is 5.97 Å². The number of fused-ring (bicyclic) bond motifs is 1. The Balaban J connectivity index is 1.67. The van der Waals surface area contributed by atoms with Gasteiger partial charge < -0.3 is 15.0 Å². The van der Waals surface area contributed by atoms with E-state index in [1.54, 1.807) is 17.6 Å². The van der Waals surface area contributed by atoms with Crippen LogP contribution in [0, 0.1) is 5.82 Å². The van der Waals surface area contributed by atoms with E-state index >= 15 is 0 Å². The number of hydrogen-bond donors (Lipinski definition) is 2. The number of nitrogens with zero attached hydrogens (tertiary/aromatic N) is 1.